The lowest BCUT2D eigenvalue weighted by molar-refractivity contribution is 0.0766. The molecule has 9 heteroatoms. The number of rotatable bonds is 5. The topological polar surface area (TPSA) is 106 Å². The van der Waals surface area contributed by atoms with Gasteiger partial charge >= 0.3 is 0 Å². The summed E-state index contributed by atoms with van der Waals surface area (Å²) in [6, 6.07) is 11.9. The van der Waals surface area contributed by atoms with Crippen molar-refractivity contribution in [1.82, 2.24) is 14.6 Å². The van der Waals surface area contributed by atoms with Crippen LogP contribution in [0.4, 0.5) is 5.82 Å². The Morgan fingerprint density at radius 3 is 2.66 bits per heavy atom. The largest absolute Gasteiger partial charge is 0.354 e. The molecule has 0 spiro atoms. The second-order valence-corrected chi connectivity index (χ2v) is 9.96. The Balaban J connectivity index is 1.46. The maximum absolute atomic E-state index is 13.2. The summed E-state index contributed by atoms with van der Waals surface area (Å²) in [5, 5.41) is 9.35. The molecule has 1 aliphatic heterocycles. The zero-order chi connectivity index (χ0) is 22.6. The number of carbonyl (C=O) groups excluding carboxylic acids is 1. The van der Waals surface area contributed by atoms with Crippen LogP contribution in [0.5, 0.6) is 0 Å². The Kier molecular flexibility index (Phi) is 6.72. The molecule has 8 nitrogen and oxygen atoms in total. The van der Waals surface area contributed by atoms with Crippen LogP contribution in [0.1, 0.15) is 48.0 Å². The van der Waals surface area contributed by atoms with Crippen LogP contribution in [0.2, 0.25) is 0 Å². The Labute approximate surface area is 188 Å². The van der Waals surface area contributed by atoms with E-state index in [-0.39, 0.29) is 16.8 Å². The van der Waals surface area contributed by atoms with Crippen LogP contribution in [0.25, 0.3) is 0 Å². The fourth-order valence-electron chi connectivity index (χ4n) is 4.38. The molecule has 2 fully saturated rings. The van der Waals surface area contributed by atoms with Gasteiger partial charge in [0.2, 0.25) is 10.0 Å². The van der Waals surface area contributed by atoms with Gasteiger partial charge in [0.1, 0.15) is 11.9 Å². The van der Waals surface area contributed by atoms with E-state index in [1.807, 2.05) is 4.90 Å². The standard InChI is InChI=1S/C23H27N5O3S/c24-17-19-7-4-11-25-22(19)27-12-5-13-28(15-14-27)23(29)18-6-3-10-21(16-18)32(30,31)26-20-8-1-2-9-20/h3-4,6-7,10-11,16,20,26H,1-2,5,8-9,12-15H2. The third-order valence-corrected chi connectivity index (χ3v) is 7.58. The van der Waals surface area contributed by atoms with Gasteiger partial charge in [-0.2, -0.15) is 5.26 Å². The lowest BCUT2D eigenvalue weighted by atomic mass is 10.2. The molecule has 4 rings (SSSR count). The van der Waals surface area contributed by atoms with Crippen LogP contribution >= 0.6 is 0 Å². The Morgan fingerprint density at radius 1 is 1.06 bits per heavy atom. The maximum atomic E-state index is 13.2. The van der Waals surface area contributed by atoms with Crippen LogP contribution in [-0.2, 0) is 10.0 Å². The first-order valence-electron chi connectivity index (χ1n) is 11.0. The average molecular weight is 454 g/mol. The van der Waals surface area contributed by atoms with Gasteiger partial charge in [-0.15, -0.1) is 0 Å². The van der Waals surface area contributed by atoms with Gasteiger partial charge in [-0.25, -0.2) is 18.1 Å². The molecule has 2 aromatic rings. The molecule has 1 N–H and O–H groups in total. The van der Waals surface area contributed by atoms with Crippen molar-refractivity contribution in [2.45, 2.75) is 43.0 Å². The van der Waals surface area contributed by atoms with Crippen LogP contribution in [0.15, 0.2) is 47.5 Å². The quantitative estimate of drug-likeness (QED) is 0.746. The summed E-state index contributed by atoms with van der Waals surface area (Å²) in [6.07, 6.45) is 6.17. The zero-order valence-electron chi connectivity index (χ0n) is 17.9. The van der Waals surface area contributed by atoms with Gasteiger partial charge in [-0.1, -0.05) is 18.9 Å². The van der Waals surface area contributed by atoms with Crippen molar-refractivity contribution < 1.29 is 13.2 Å². The minimum atomic E-state index is -3.66. The Bertz CT molecular complexity index is 1120. The first-order valence-corrected chi connectivity index (χ1v) is 12.5. The van der Waals surface area contributed by atoms with Crippen LogP contribution in [0, 0.1) is 11.3 Å². The van der Waals surface area contributed by atoms with Gasteiger partial charge in [-0.3, -0.25) is 4.79 Å². The molecular formula is C23H27N5O3S. The van der Waals surface area contributed by atoms with Crippen molar-refractivity contribution >= 4 is 21.7 Å². The molecule has 1 saturated heterocycles. The zero-order valence-corrected chi connectivity index (χ0v) is 18.7. The SMILES string of the molecule is N#Cc1cccnc1N1CCCN(C(=O)c2cccc(S(=O)(=O)NC3CCCC3)c2)CC1. The van der Waals surface area contributed by atoms with E-state index in [1.54, 1.807) is 35.4 Å². The minimum absolute atomic E-state index is 0.0270. The number of aromatic nitrogens is 1. The van der Waals surface area contributed by atoms with E-state index in [2.05, 4.69) is 15.8 Å². The fraction of sp³-hybridized carbons (Fsp3) is 0.435. The van der Waals surface area contributed by atoms with Crippen molar-refractivity contribution in [1.29, 1.82) is 5.26 Å². The highest BCUT2D eigenvalue weighted by molar-refractivity contribution is 7.89. The number of nitrogens with one attached hydrogen (secondary N) is 1. The average Bonchev–Trinajstić information content (AvgIpc) is 3.19. The normalized spacial score (nSPS) is 17.7. The first kappa shape index (κ1) is 22.2. The lowest BCUT2D eigenvalue weighted by Gasteiger charge is -2.23. The molecule has 2 aliphatic rings. The predicted molar refractivity (Wildman–Crippen MR) is 121 cm³/mol. The molecular weight excluding hydrogens is 426 g/mol. The number of sulfonamides is 1. The summed E-state index contributed by atoms with van der Waals surface area (Å²) in [4.78, 5) is 21.4. The number of pyridine rings is 1. The molecule has 1 saturated carbocycles. The third kappa shape index (κ3) is 4.92. The van der Waals surface area contributed by atoms with Crippen LogP contribution in [0.3, 0.4) is 0 Å². The summed E-state index contributed by atoms with van der Waals surface area (Å²) in [6.45, 7) is 2.27. The summed E-state index contributed by atoms with van der Waals surface area (Å²) in [5.74, 6) is 0.446. The van der Waals surface area contributed by atoms with Crippen molar-refractivity contribution in [3.8, 4) is 6.07 Å². The molecule has 1 aliphatic carbocycles. The number of nitriles is 1. The Morgan fingerprint density at radius 2 is 1.88 bits per heavy atom. The highest BCUT2D eigenvalue weighted by Crippen LogP contribution is 2.22. The lowest BCUT2D eigenvalue weighted by Crippen LogP contribution is -2.36. The molecule has 0 bridgehead atoms. The van der Waals surface area contributed by atoms with Gasteiger partial charge in [-0.05, 0) is 49.6 Å². The number of amides is 1. The third-order valence-electron chi connectivity index (χ3n) is 6.06. The van der Waals surface area contributed by atoms with Crippen LogP contribution < -0.4 is 9.62 Å². The van der Waals surface area contributed by atoms with Gasteiger partial charge in [0, 0.05) is 44.0 Å². The van der Waals surface area contributed by atoms with Crippen molar-refractivity contribution in [3.63, 3.8) is 0 Å². The second kappa shape index (κ2) is 9.67. The van der Waals surface area contributed by atoms with E-state index >= 15 is 0 Å². The summed E-state index contributed by atoms with van der Waals surface area (Å²) < 4.78 is 28.3. The summed E-state index contributed by atoms with van der Waals surface area (Å²) in [7, 11) is -3.66. The van der Waals surface area contributed by atoms with Crippen molar-refractivity contribution in [2.75, 3.05) is 31.1 Å². The summed E-state index contributed by atoms with van der Waals surface area (Å²) >= 11 is 0. The van der Waals surface area contributed by atoms with Gasteiger partial charge < -0.3 is 9.80 Å². The Hall–Kier alpha value is -2.96. The van der Waals surface area contributed by atoms with E-state index in [1.165, 1.54) is 12.1 Å². The molecule has 1 amide bonds. The molecule has 2 heterocycles. The molecule has 1 aromatic heterocycles. The minimum Gasteiger partial charge on any atom is -0.354 e. The van der Waals surface area contributed by atoms with E-state index in [9.17, 15) is 18.5 Å². The van der Waals surface area contributed by atoms with Gasteiger partial charge in [0.05, 0.1) is 10.5 Å². The monoisotopic (exact) mass is 453 g/mol. The number of benzene rings is 1. The predicted octanol–water partition coefficient (Wildman–Crippen LogP) is 2.53. The molecule has 0 unspecified atom stereocenters. The first-order chi connectivity index (χ1) is 15.5. The van der Waals surface area contributed by atoms with Gasteiger partial charge in [0.25, 0.3) is 5.91 Å². The molecule has 32 heavy (non-hydrogen) atoms. The van der Waals surface area contributed by atoms with E-state index in [0.717, 1.165) is 32.1 Å². The number of carbonyl (C=O) groups is 1. The van der Waals surface area contributed by atoms with Crippen LogP contribution in [-0.4, -0.2) is 56.4 Å². The van der Waals surface area contributed by atoms with E-state index < -0.39 is 10.0 Å². The number of hydrogen-bond acceptors (Lipinski definition) is 6. The highest BCUT2D eigenvalue weighted by Gasteiger charge is 2.26. The number of hydrogen-bond donors (Lipinski definition) is 1. The number of nitrogens with zero attached hydrogens (tertiary/aromatic N) is 4. The highest BCUT2D eigenvalue weighted by atomic mass is 32.2. The smallest absolute Gasteiger partial charge is 0.253 e. The van der Waals surface area contributed by atoms with E-state index in [0.29, 0.717) is 43.1 Å². The molecule has 0 atom stereocenters. The molecule has 168 valence electrons. The number of anilines is 1. The van der Waals surface area contributed by atoms with E-state index in [4.69, 9.17) is 0 Å². The van der Waals surface area contributed by atoms with Crippen molar-refractivity contribution in [2.24, 2.45) is 0 Å². The fourth-order valence-corrected chi connectivity index (χ4v) is 5.73. The molecule has 1 aromatic carbocycles. The second-order valence-electron chi connectivity index (χ2n) is 8.25. The molecule has 0 radical (unpaired) electrons. The van der Waals surface area contributed by atoms with Crippen molar-refractivity contribution in [3.05, 3.63) is 53.7 Å². The maximum Gasteiger partial charge on any atom is 0.253 e. The summed E-state index contributed by atoms with van der Waals surface area (Å²) in [5.41, 5.74) is 0.878. The van der Waals surface area contributed by atoms with Gasteiger partial charge in [0.15, 0.2) is 0 Å².